The Bertz CT molecular complexity index is 1180. The third kappa shape index (κ3) is 3.14. The number of likely N-dealkylation sites (tertiary alicyclic amines) is 1. The molecule has 0 radical (unpaired) electrons. The van der Waals surface area contributed by atoms with E-state index >= 15 is 0 Å². The molecule has 1 aliphatic heterocycles. The van der Waals surface area contributed by atoms with Crippen LogP contribution >= 0.6 is 0 Å². The molecule has 30 heavy (non-hydrogen) atoms. The van der Waals surface area contributed by atoms with Crippen LogP contribution in [0.25, 0.3) is 11.2 Å². The molecule has 3 aromatic rings. The van der Waals surface area contributed by atoms with Crippen molar-refractivity contribution in [3.63, 3.8) is 0 Å². The van der Waals surface area contributed by atoms with E-state index in [1.54, 1.807) is 22.8 Å². The molecule has 3 aromatic heterocycles. The highest BCUT2D eigenvalue weighted by Crippen LogP contribution is 2.57. The number of imidazole rings is 1. The van der Waals surface area contributed by atoms with Gasteiger partial charge in [0, 0.05) is 26.1 Å². The number of ether oxygens (including phenoxy) is 1. The molecule has 0 bridgehead atoms. The van der Waals surface area contributed by atoms with Gasteiger partial charge in [0.25, 0.3) is 5.56 Å². The van der Waals surface area contributed by atoms with Crippen molar-refractivity contribution in [2.75, 3.05) is 13.1 Å². The highest BCUT2D eigenvalue weighted by atomic mass is 16.6. The minimum atomic E-state index is -0.503. The van der Waals surface area contributed by atoms with Crippen molar-refractivity contribution < 1.29 is 14.1 Å². The predicted octanol–water partition coefficient (Wildman–Crippen LogP) is 1.14. The fraction of sp³-hybridized carbons (Fsp3) is 0.579. The van der Waals surface area contributed by atoms with Gasteiger partial charge in [-0.3, -0.25) is 9.36 Å². The molecule has 11 nitrogen and oxygen atoms in total. The summed E-state index contributed by atoms with van der Waals surface area (Å²) in [4.78, 5) is 39.4. The van der Waals surface area contributed by atoms with Crippen molar-refractivity contribution in [2.24, 2.45) is 18.9 Å². The number of carbonyl (C=O) groups excluding carboxylic acids is 1. The summed E-state index contributed by atoms with van der Waals surface area (Å²) in [6.45, 7) is 6.99. The summed E-state index contributed by atoms with van der Waals surface area (Å²) in [5, 5.41) is 4.11. The van der Waals surface area contributed by atoms with Crippen LogP contribution in [0.2, 0.25) is 0 Å². The lowest BCUT2D eigenvalue weighted by Crippen LogP contribution is -2.36. The third-order valence-corrected chi connectivity index (χ3v) is 5.63. The zero-order chi connectivity index (χ0) is 21.2. The van der Waals surface area contributed by atoms with Crippen LogP contribution < -0.4 is 5.56 Å². The number of amides is 1. The van der Waals surface area contributed by atoms with Gasteiger partial charge in [0.1, 0.15) is 18.5 Å². The molecule has 2 fully saturated rings. The molecule has 158 valence electrons. The molecule has 2 atom stereocenters. The molecular weight excluding hydrogens is 390 g/mol. The molecule has 1 aliphatic carbocycles. The molecule has 11 heteroatoms. The summed E-state index contributed by atoms with van der Waals surface area (Å²) in [5.41, 5.74) is 0.120. The summed E-state index contributed by atoms with van der Waals surface area (Å²) in [6.07, 6.45) is 2.71. The van der Waals surface area contributed by atoms with E-state index in [0.717, 1.165) is 0 Å². The van der Waals surface area contributed by atoms with Crippen LogP contribution in [0.3, 0.4) is 0 Å². The van der Waals surface area contributed by atoms with Gasteiger partial charge in [-0.1, -0.05) is 5.16 Å². The Hall–Kier alpha value is -3.24. The van der Waals surface area contributed by atoms with E-state index in [1.165, 1.54) is 10.9 Å². The molecule has 5 rings (SSSR count). The summed E-state index contributed by atoms with van der Waals surface area (Å²) in [7, 11) is 1.75. The molecule has 0 aromatic carbocycles. The molecule has 0 spiro atoms. The van der Waals surface area contributed by atoms with Gasteiger partial charge in [0.05, 0.1) is 6.33 Å². The Morgan fingerprint density at radius 2 is 1.93 bits per heavy atom. The van der Waals surface area contributed by atoms with Crippen LogP contribution in [-0.2, 0) is 18.3 Å². The van der Waals surface area contributed by atoms with Crippen molar-refractivity contribution in [3.05, 3.63) is 34.7 Å². The first kappa shape index (κ1) is 18.8. The number of hydrogen-bond acceptors (Lipinski definition) is 8. The van der Waals surface area contributed by atoms with E-state index in [4.69, 9.17) is 9.26 Å². The first-order chi connectivity index (χ1) is 14.2. The molecule has 1 saturated carbocycles. The number of aromatic nitrogens is 6. The van der Waals surface area contributed by atoms with Crippen LogP contribution in [0.4, 0.5) is 4.79 Å². The van der Waals surface area contributed by atoms with Gasteiger partial charge in [-0.25, -0.2) is 14.8 Å². The Morgan fingerprint density at radius 3 is 2.63 bits per heavy atom. The highest BCUT2D eigenvalue weighted by Gasteiger charge is 2.59. The fourth-order valence-electron chi connectivity index (χ4n) is 4.18. The summed E-state index contributed by atoms with van der Waals surface area (Å²) < 4.78 is 13.9. The van der Waals surface area contributed by atoms with Gasteiger partial charge in [-0.05, 0) is 32.6 Å². The monoisotopic (exact) mass is 413 g/mol. The Kier molecular flexibility index (Phi) is 3.99. The van der Waals surface area contributed by atoms with E-state index in [-0.39, 0.29) is 24.1 Å². The maximum absolute atomic E-state index is 12.6. The molecule has 1 amide bonds. The van der Waals surface area contributed by atoms with Crippen molar-refractivity contribution in [1.82, 2.24) is 34.1 Å². The third-order valence-electron chi connectivity index (χ3n) is 5.63. The van der Waals surface area contributed by atoms with Gasteiger partial charge < -0.3 is 18.7 Å². The van der Waals surface area contributed by atoms with E-state index in [0.29, 0.717) is 47.8 Å². The lowest BCUT2D eigenvalue weighted by molar-refractivity contribution is 0.0270. The predicted molar refractivity (Wildman–Crippen MR) is 104 cm³/mol. The zero-order valence-electron chi connectivity index (χ0n) is 17.3. The first-order valence-corrected chi connectivity index (χ1v) is 9.88. The van der Waals surface area contributed by atoms with Crippen LogP contribution in [0, 0.1) is 11.8 Å². The highest BCUT2D eigenvalue weighted by molar-refractivity contribution is 5.69. The van der Waals surface area contributed by atoms with Gasteiger partial charge in [-0.2, -0.15) is 4.98 Å². The van der Waals surface area contributed by atoms with E-state index in [9.17, 15) is 9.59 Å². The van der Waals surface area contributed by atoms with Crippen molar-refractivity contribution in [2.45, 2.75) is 38.8 Å². The summed E-state index contributed by atoms with van der Waals surface area (Å²) in [5.74, 6) is 1.79. The van der Waals surface area contributed by atoms with Gasteiger partial charge in [0.2, 0.25) is 5.89 Å². The number of hydrogen-bond donors (Lipinski definition) is 0. The lowest BCUT2D eigenvalue weighted by Gasteiger charge is -2.25. The van der Waals surface area contributed by atoms with E-state index < -0.39 is 5.60 Å². The summed E-state index contributed by atoms with van der Waals surface area (Å²) >= 11 is 0. The largest absolute Gasteiger partial charge is 0.444 e. The number of nitrogens with zero attached hydrogens (tertiary/aromatic N) is 7. The van der Waals surface area contributed by atoms with Crippen molar-refractivity contribution in [1.29, 1.82) is 0 Å². The maximum Gasteiger partial charge on any atom is 0.410 e. The van der Waals surface area contributed by atoms with Gasteiger partial charge in [0.15, 0.2) is 17.0 Å². The zero-order valence-corrected chi connectivity index (χ0v) is 17.3. The van der Waals surface area contributed by atoms with Crippen molar-refractivity contribution in [3.8, 4) is 0 Å². The van der Waals surface area contributed by atoms with Crippen LogP contribution in [0.1, 0.15) is 38.4 Å². The van der Waals surface area contributed by atoms with Crippen LogP contribution in [0.15, 0.2) is 22.0 Å². The average Bonchev–Trinajstić information content (AvgIpc) is 3.09. The quantitative estimate of drug-likeness (QED) is 0.627. The fourth-order valence-corrected chi connectivity index (χ4v) is 4.18. The van der Waals surface area contributed by atoms with Crippen LogP contribution in [0.5, 0.6) is 0 Å². The SMILES string of the molecule is Cn1cnc2ncn(Cc3nc(C4C5CN(C(=O)OC(C)(C)C)CC54)no3)c(=O)c21. The van der Waals surface area contributed by atoms with Gasteiger partial charge >= 0.3 is 6.09 Å². The normalized spacial score (nSPS) is 23.1. The average molecular weight is 413 g/mol. The van der Waals surface area contributed by atoms with Crippen LogP contribution in [-0.4, -0.2) is 58.9 Å². The summed E-state index contributed by atoms with van der Waals surface area (Å²) in [6, 6.07) is 0. The molecule has 2 aliphatic rings. The number of piperidine rings is 1. The minimum Gasteiger partial charge on any atom is -0.444 e. The standard InChI is InChI=1S/C19H23N7O4/c1-19(2,3)29-18(28)25-5-10-11(6-25)13(10)15-22-12(30-23-15)7-26-9-21-16-14(17(26)27)24(4)8-20-16/h8-11,13H,5-7H2,1-4H3. The minimum absolute atomic E-state index is 0.145. The number of rotatable bonds is 3. The smallest absolute Gasteiger partial charge is 0.410 e. The second-order valence-electron chi connectivity index (χ2n) is 8.99. The molecule has 2 unspecified atom stereocenters. The number of aryl methyl sites for hydroxylation is 1. The molecule has 1 saturated heterocycles. The van der Waals surface area contributed by atoms with Gasteiger partial charge in [-0.15, -0.1) is 0 Å². The van der Waals surface area contributed by atoms with E-state index in [1.807, 2.05) is 20.8 Å². The number of carbonyl (C=O) groups is 1. The first-order valence-electron chi connectivity index (χ1n) is 9.88. The lowest BCUT2D eigenvalue weighted by atomic mass is 10.2. The topological polar surface area (TPSA) is 121 Å². The Balaban J connectivity index is 1.25. The van der Waals surface area contributed by atoms with E-state index in [2.05, 4.69) is 20.1 Å². The second-order valence-corrected chi connectivity index (χ2v) is 8.99. The maximum atomic E-state index is 12.6. The molecule has 4 heterocycles. The molecular formula is C19H23N7O4. The Morgan fingerprint density at radius 1 is 1.23 bits per heavy atom. The molecule has 0 N–H and O–H groups in total. The second kappa shape index (κ2) is 6.38. The number of fused-ring (bicyclic) bond motifs is 2. The van der Waals surface area contributed by atoms with Crippen molar-refractivity contribution >= 4 is 17.3 Å². The Labute approximate surface area is 171 Å².